The maximum absolute atomic E-state index is 12.4. The summed E-state index contributed by atoms with van der Waals surface area (Å²) in [5.41, 5.74) is 0. The standard InChI is InChI=1S/C35H62O12S/c1-3-5-7-8-9-10-11-12-13-14-15-16-17-18-19-20-21-23-25-43-27-29(45-31(37)24-22-6-4-2)28-44-35-33(39)34(47-48(40,41)42)32(38)30(26-36)46-35/h5,7,9-10,12-13,29-30,32-36,38-39H,3-4,6,8,11,14-28H2,1-2H3,(H,40,41,42)/b7-5-,10-9-,13-12-. The average molecular weight is 707 g/mol. The van der Waals surface area contributed by atoms with E-state index in [0.29, 0.717) is 13.0 Å². The lowest BCUT2D eigenvalue weighted by Gasteiger charge is -2.41. The van der Waals surface area contributed by atoms with Crippen LogP contribution < -0.4 is 0 Å². The Bertz CT molecular complexity index is 1000. The summed E-state index contributed by atoms with van der Waals surface area (Å²) in [6.07, 6.45) is 20.1. The van der Waals surface area contributed by atoms with Crippen molar-refractivity contribution in [2.45, 2.75) is 153 Å². The highest BCUT2D eigenvalue weighted by Gasteiger charge is 2.48. The van der Waals surface area contributed by atoms with E-state index in [4.69, 9.17) is 23.5 Å². The predicted octanol–water partition coefficient (Wildman–Crippen LogP) is 5.51. The Kier molecular flexibility index (Phi) is 25.9. The number of unbranched alkanes of at least 4 members (excludes halogenated alkanes) is 10. The number of aliphatic hydroxyl groups excluding tert-OH is 3. The van der Waals surface area contributed by atoms with Gasteiger partial charge in [-0.1, -0.05) is 102 Å². The third kappa shape index (κ3) is 22.1. The van der Waals surface area contributed by atoms with Crippen molar-refractivity contribution in [3.63, 3.8) is 0 Å². The van der Waals surface area contributed by atoms with Crippen LogP contribution in [0.5, 0.6) is 0 Å². The normalized spacial score (nSPS) is 22.7. The fraction of sp³-hybridized carbons (Fsp3) is 0.800. The molecule has 1 saturated heterocycles. The lowest BCUT2D eigenvalue weighted by Crippen LogP contribution is -2.60. The van der Waals surface area contributed by atoms with Crippen LogP contribution >= 0.6 is 0 Å². The number of allylic oxidation sites excluding steroid dienone is 6. The maximum atomic E-state index is 12.4. The topological polar surface area (TPSA) is 178 Å². The summed E-state index contributed by atoms with van der Waals surface area (Å²) in [5, 5.41) is 30.3. The minimum atomic E-state index is -5.05. The highest BCUT2D eigenvalue weighted by molar-refractivity contribution is 7.80. The summed E-state index contributed by atoms with van der Waals surface area (Å²) in [6, 6.07) is 0. The van der Waals surface area contributed by atoms with Crippen LogP contribution in [0.25, 0.3) is 0 Å². The average Bonchev–Trinajstić information content (AvgIpc) is 3.04. The van der Waals surface area contributed by atoms with Crippen molar-refractivity contribution < 1.29 is 56.2 Å². The van der Waals surface area contributed by atoms with E-state index in [0.717, 1.165) is 57.8 Å². The summed E-state index contributed by atoms with van der Waals surface area (Å²) in [5.74, 6) is -0.429. The molecule has 6 atom stereocenters. The molecule has 12 nitrogen and oxygen atoms in total. The summed E-state index contributed by atoms with van der Waals surface area (Å²) in [4.78, 5) is 12.4. The van der Waals surface area contributed by atoms with Gasteiger partial charge in [0, 0.05) is 13.0 Å². The number of rotatable bonds is 29. The van der Waals surface area contributed by atoms with Crippen molar-refractivity contribution in [1.29, 1.82) is 0 Å². The number of carbonyl (C=O) groups excluding carboxylic acids is 1. The van der Waals surface area contributed by atoms with Gasteiger partial charge < -0.3 is 34.3 Å². The molecule has 0 radical (unpaired) electrons. The lowest BCUT2D eigenvalue weighted by molar-refractivity contribution is -0.301. The van der Waals surface area contributed by atoms with E-state index in [9.17, 15) is 28.5 Å². The molecule has 6 unspecified atom stereocenters. The zero-order valence-corrected chi connectivity index (χ0v) is 29.8. The predicted molar refractivity (Wildman–Crippen MR) is 183 cm³/mol. The molecular weight excluding hydrogens is 644 g/mol. The largest absolute Gasteiger partial charge is 0.457 e. The molecule has 0 bridgehead atoms. The van der Waals surface area contributed by atoms with E-state index >= 15 is 0 Å². The van der Waals surface area contributed by atoms with E-state index in [2.05, 4.69) is 47.6 Å². The molecule has 0 aliphatic carbocycles. The molecule has 1 heterocycles. The van der Waals surface area contributed by atoms with Gasteiger partial charge in [-0.15, -0.1) is 0 Å². The Hall–Kier alpha value is -1.68. The van der Waals surface area contributed by atoms with Crippen molar-refractivity contribution in [2.24, 2.45) is 0 Å². The first-order valence-electron chi connectivity index (χ1n) is 17.7. The molecule has 1 fully saturated rings. The molecule has 0 aromatic heterocycles. The van der Waals surface area contributed by atoms with E-state index in [-0.39, 0.29) is 19.6 Å². The number of hydrogen-bond acceptors (Lipinski definition) is 11. The fourth-order valence-electron chi connectivity index (χ4n) is 5.10. The van der Waals surface area contributed by atoms with Crippen LogP contribution in [0.15, 0.2) is 36.5 Å². The number of hydrogen-bond donors (Lipinski definition) is 4. The molecule has 1 aliphatic heterocycles. The van der Waals surface area contributed by atoms with Crippen molar-refractivity contribution in [3.05, 3.63) is 36.5 Å². The fourth-order valence-corrected chi connectivity index (χ4v) is 5.60. The molecular formula is C35H62O12S. The van der Waals surface area contributed by atoms with Crippen LogP contribution in [0.4, 0.5) is 0 Å². The highest BCUT2D eigenvalue weighted by atomic mass is 32.3. The van der Waals surface area contributed by atoms with E-state index in [1.54, 1.807) is 0 Å². The second-order valence-corrected chi connectivity index (χ2v) is 13.1. The van der Waals surface area contributed by atoms with Gasteiger partial charge in [0.15, 0.2) is 6.29 Å². The summed E-state index contributed by atoms with van der Waals surface area (Å²) in [7, 11) is -5.05. The maximum Gasteiger partial charge on any atom is 0.397 e. The van der Waals surface area contributed by atoms with Crippen molar-refractivity contribution in [2.75, 3.05) is 26.4 Å². The van der Waals surface area contributed by atoms with Crippen LogP contribution in [0.2, 0.25) is 0 Å². The minimum Gasteiger partial charge on any atom is -0.457 e. The summed E-state index contributed by atoms with van der Waals surface area (Å²) in [6.45, 7) is 3.63. The van der Waals surface area contributed by atoms with Crippen molar-refractivity contribution in [1.82, 2.24) is 0 Å². The third-order valence-electron chi connectivity index (χ3n) is 7.78. The van der Waals surface area contributed by atoms with Crippen LogP contribution in [-0.2, 0) is 38.3 Å². The summed E-state index contributed by atoms with van der Waals surface area (Å²) < 4.78 is 58.2. The molecule has 4 N–H and O–H groups in total. The molecule has 0 amide bonds. The quantitative estimate of drug-likeness (QED) is 0.0332. The molecule has 0 spiro atoms. The minimum absolute atomic E-state index is 0.0281. The SMILES string of the molecule is CC/C=C\C/C=C\C/C=C\CCCCCCCCCCOCC(COC1OC(CO)C(O)C(OS(=O)(=O)O)C1O)OC(=O)CCCCC. The zero-order chi connectivity index (χ0) is 35.5. The Morgan fingerprint density at radius 1 is 0.812 bits per heavy atom. The van der Waals surface area contributed by atoms with E-state index < -0.39 is 59.8 Å². The highest BCUT2D eigenvalue weighted by Crippen LogP contribution is 2.26. The Morgan fingerprint density at radius 3 is 2.06 bits per heavy atom. The lowest BCUT2D eigenvalue weighted by atomic mass is 9.99. The zero-order valence-electron chi connectivity index (χ0n) is 29.0. The van der Waals surface area contributed by atoms with Crippen LogP contribution in [0.3, 0.4) is 0 Å². The van der Waals surface area contributed by atoms with Crippen LogP contribution in [0.1, 0.15) is 117 Å². The molecule has 0 saturated carbocycles. The van der Waals surface area contributed by atoms with Crippen LogP contribution in [-0.4, -0.2) is 97.5 Å². The molecule has 1 aliphatic rings. The Morgan fingerprint density at radius 2 is 1.44 bits per heavy atom. The van der Waals surface area contributed by atoms with Gasteiger partial charge in [0.05, 0.1) is 19.8 Å². The van der Waals surface area contributed by atoms with Crippen molar-refractivity contribution >= 4 is 16.4 Å². The van der Waals surface area contributed by atoms with Crippen LogP contribution in [0, 0.1) is 0 Å². The number of ether oxygens (including phenoxy) is 4. The van der Waals surface area contributed by atoms with Gasteiger partial charge in [-0.3, -0.25) is 9.35 Å². The first-order chi connectivity index (χ1) is 23.1. The van der Waals surface area contributed by atoms with E-state index in [1.165, 1.54) is 32.1 Å². The number of aliphatic hydroxyl groups is 3. The van der Waals surface area contributed by atoms with E-state index in [1.807, 2.05) is 6.92 Å². The summed E-state index contributed by atoms with van der Waals surface area (Å²) >= 11 is 0. The second-order valence-electron chi connectivity index (χ2n) is 12.1. The Balaban J connectivity index is 2.35. The first-order valence-corrected chi connectivity index (χ1v) is 19.1. The molecule has 0 aromatic carbocycles. The Labute approximate surface area is 288 Å². The van der Waals surface area contributed by atoms with Gasteiger partial charge in [0.2, 0.25) is 0 Å². The molecule has 13 heteroatoms. The van der Waals surface area contributed by atoms with Gasteiger partial charge in [-0.05, 0) is 44.9 Å². The van der Waals surface area contributed by atoms with Gasteiger partial charge in [-0.2, -0.15) is 8.42 Å². The van der Waals surface area contributed by atoms with Gasteiger partial charge >= 0.3 is 16.4 Å². The number of esters is 1. The molecule has 0 aromatic rings. The molecule has 280 valence electrons. The number of carbonyl (C=O) groups is 1. The van der Waals surface area contributed by atoms with Gasteiger partial charge in [-0.25, -0.2) is 4.18 Å². The van der Waals surface area contributed by atoms with Gasteiger partial charge in [0.25, 0.3) is 0 Å². The third-order valence-corrected chi connectivity index (χ3v) is 8.24. The van der Waals surface area contributed by atoms with Gasteiger partial charge in [0.1, 0.15) is 30.5 Å². The second kappa shape index (κ2) is 28.1. The monoisotopic (exact) mass is 706 g/mol. The first kappa shape index (κ1) is 44.3. The molecule has 48 heavy (non-hydrogen) atoms. The molecule has 1 rings (SSSR count). The smallest absolute Gasteiger partial charge is 0.397 e. The van der Waals surface area contributed by atoms with Crippen molar-refractivity contribution in [3.8, 4) is 0 Å².